The fraction of sp³-hybridized carbons (Fsp3) is 0.316. The van der Waals surface area contributed by atoms with Crippen LogP contribution >= 0.6 is 24.0 Å². The first-order chi connectivity index (χ1) is 12.5. The molecule has 0 bridgehead atoms. The average Bonchev–Trinajstić information content (AvgIpc) is 2.59. The normalized spacial score (nSPS) is 10.2. The topological polar surface area (TPSA) is 73.6 Å². The van der Waals surface area contributed by atoms with Crippen LogP contribution in [-0.2, 0) is 17.8 Å². The van der Waals surface area contributed by atoms with Gasteiger partial charge in [0.15, 0.2) is 18.1 Å². The van der Waals surface area contributed by atoms with Gasteiger partial charge in [0, 0.05) is 6.54 Å². The van der Waals surface area contributed by atoms with E-state index in [-0.39, 0.29) is 24.8 Å². The average molecular weight is 417 g/mol. The predicted molar refractivity (Wildman–Crippen MR) is 106 cm³/mol. The van der Waals surface area contributed by atoms with Gasteiger partial charge in [0.2, 0.25) is 0 Å². The lowest BCUT2D eigenvalue weighted by molar-refractivity contribution is -0.119. The van der Waals surface area contributed by atoms with Gasteiger partial charge in [-0.15, -0.1) is 12.4 Å². The standard InChI is InChI=1S/C19H22ClFN2O3.ClH/c1-2-25-17-10-13(9-15(20)19(17)26-12-18(22)24)11-23-8-7-14-5-3-4-6-16(14)21;/h3-6,9-10,23H,2,7-8,11-12H2,1H3,(H2,22,24);1H. The molecule has 0 saturated heterocycles. The Morgan fingerprint density at radius 3 is 2.67 bits per heavy atom. The molecule has 0 aliphatic rings. The first-order valence-corrected chi connectivity index (χ1v) is 8.69. The van der Waals surface area contributed by atoms with Gasteiger partial charge in [0.1, 0.15) is 5.82 Å². The Balaban J connectivity index is 0.00000364. The maximum atomic E-state index is 13.6. The second kappa shape index (κ2) is 11.6. The monoisotopic (exact) mass is 416 g/mol. The van der Waals surface area contributed by atoms with Crippen LogP contribution in [0.3, 0.4) is 0 Å². The molecule has 1 amide bonds. The number of halogens is 3. The molecule has 0 radical (unpaired) electrons. The van der Waals surface area contributed by atoms with E-state index >= 15 is 0 Å². The van der Waals surface area contributed by atoms with E-state index in [1.807, 2.05) is 13.0 Å². The number of amides is 1. The van der Waals surface area contributed by atoms with Gasteiger partial charge < -0.3 is 20.5 Å². The summed E-state index contributed by atoms with van der Waals surface area (Å²) in [7, 11) is 0. The van der Waals surface area contributed by atoms with E-state index < -0.39 is 5.91 Å². The summed E-state index contributed by atoms with van der Waals surface area (Å²) in [6.07, 6.45) is 0.582. The van der Waals surface area contributed by atoms with Crippen molar-refractivity contribution in [2.45, 2.75) is 19.9 Å². The van der Waals surface area contributed by atoms with E-state index in [4.69, 9.17) is 26.8 Å². The highest BCUT2D eigenvalue weighted by Crippen LogP contribution is 2.36. The zero-order valence-electron chi connectivity index (χ0n) is 15.0. The summed E-state index contributed by atoms with van der Waals surface area (Å²) < 4.78 is 24.5. The number of nitrogens with two attached hydrogens (primary N) is 1. The maximum absolute atomic E-state index is 13.6. The van der Waals surface area contributed by atoms with E-state index in [1.54, 1.807) is 24.3 Å². The summed E-state index contributed by atoms with van der Waals surface area (Å²) >= 11 is 6.25. The Morgan fingerprint density at radius 2 is 2.00 bits per heavy atom. The molecule has 0 saturated carbocycles. The second-order valence-corrected chi connectivity index (χ2v) is 6.02. The highest BCUT2D eigenvalue weighted by Gasteiger charge is 2.13. The highest BCUT2D eigenvalue weighted by atomic mass is 35.5. The number of hydrogen-bond donors (Lipinski definition) is 2. The zero-order chi connectivity index (χ0) is 18.9. The molecule has 0 aliphatic carbocycles. The van der Waals surface area contributed by atoms with Gasteiger partial charge in [-0.2, -0.15) is 0 Å². The van der Waals surface area contributed by atoms with E-state index in [1.165, 1.54) is 6.07 Å². The number of benzene rings is 2. The number of carbonyl (C=O) groups is 1. The minimum absolute atomic E-state index is 0. The fourth-order valence-corrected chi connectivity index (χ4v) is 2.71. The van der Waals surface area contributed by atoms with Gasteiger partial charge in [-0.3, -0.25) is 4.79 Å². The number of primary amides is 1. The van der Waals surface area contributed by atoms with E-state index in [0.29, 0.717) is 48.2 Å². The summed E-state index contributed by atoms with van der Waals surface area (Å²) in [5.41, 5.74) is 6.66. The largest absolute Gasteiger partial charge is 0.490 e. The fourth-order valence-electron chi connectivity index (χ4n) is 2.43. The van der Waals surface area contributed by atoms with Crippen molar-refractivity contribution < 1.29 is 18.7 Å². The van der Waals surface area contributed by atoms with Crippen molar-refractivity contribution in [3.63, 3.8) is 0 Å². The van der Waals surface area contributed by atoms with Gasteiger partial charge in [0.25, 0.3) is 5.91 Å². The maximum Gasteiger partial charge on any atom is 0.255 e. The van der Waals surface area contributed by atoms with E-state index in [9.17, 15) is 9.18 Å². The van der Waals surface area contributed by atoms with Crippen LogP contribution in [0.5, 0.6) is 11.5 Å². The first-order valence-electron chi connectivity index (χ1n) is 8.31. The third kappa shape index (κ3) is 7.25. The van der Waals surface area contributed by atoms with Crippen LogP contribution < -0.4 is 20.5 Å². The van der Waals surface area contributed by atoms with Crippen molar-refractivity contribution in [2.75, 3.05) is 19.8 Å². The molecule has 2 aromatic carbocycles. The molecular weight excluding hydrogens is 394 g/mol. The predicted octanol–water partition coefficient (Wildman–Crippen LogP) is 3.50. The van der Waals surface area contributed by atoms with Crippen molar-refractivity contribution in [3.8, 4) is 11.5 Å². The lowest BCUT2D eigenvalue weighted by Crippen LogP contribution is -2.20. The second-order valence-electron chi connectivity index (χ2n) is 5.61. The van der Waals surface area contributed by atoms with Gasteiger partial charge in [-0.05, 0) is 49.2 Å². The molecule has 5 nitrogen and oxygen atoms in total. The van der Waals surface area contributed by atoms with Crippen LogP contribution in [0.15, 0.2) is 36.4 Å². The summed E-state index contributed by atoms with van der Waals surface area (Å²) in [4.78, 5) is 10.9. The van der Waals surface area contributed by atoms with Crippen molar-refractivity contribution in [1.82, 2.24) is 5.32 Å². The Hall–Kier alpha value is -2.02. The molecule has 0 heterocycles. The van der Waals surface area contributed by atoms with E-state index in [0.717, 1.165) is 5.56 Å². The molecule has 3 N–H and O–H groups in total. The van der Waals surface area contributed by atoms with Crippen LogP contribution in [-0.4, -0.2) is 25.7 Å². The molecule has 8 heteroatoms. The molecule has 0 spiro atoms. The molecular formula is C19H23Cl2FN2O3. The molecule has 148 valence electrons. The van der Waals surface area contributed by atoms with Crippen LogP contribution in [0.2, 0.25) is 5.02 Å². The summed E-state index contributed by atoms with van der Waals surface area (Å²) in [5, 5.41) is 3.58. The van der Waals surface area contributed by atoms with Crippen molar-refractivity contribution in [1.29, 1.82) is 0 Å². The minimum Gasteiger partial charge on any atom is -0.490 e. The van der Waals surface area contributed by atoms with Gasteiger partial charge in [-0.25, -0.2) is 4.39 Å². The molecule has 2 rings (SSSR count). The smallest absolute Gasteiger partial charge is 0.255 e. The lowest BCUT2D eigenvalue weighted by atomic mass is 10.1. The number of hydrogen-bond acceptors (Lipinski definition) is 4. The zero-order valence-corrected chi connectivity index (χ0v) is 16.5. The molecule has 0 atom stereocenters. The van der Waals surface area contributed by atoms with Crippen molar-refractivity contribution >= 4 is 29.9 Å². The minimum atomic E-state index is -0.595. The Labute approximate surface area is 169 Å². The number of carbonyl (C=O) groups excluding carboxylic acids is 1. The van der Waals surface area contributed by atoms with E-state index in [2.05, 4.69) is 5.32 Å². The molecule has 2 aromatic rings. The summed E-state index contributed by atoms with van der Waals surface area (Å²) in [6.45, 7) is 3.13. The summed E-state index contributed by atoms with van der Waals surface area (Å²) in [6, 6.07) is 10.2. The van der Waals surface area contributed by atoms with Crippen LogP contribution in [0.25, 0.3) is 0 Å². The summed E-state index contributed by atoms with van der Waals surface area (Å²) in [5.74, 6) is -0.0519. The third-order valence-corrected chi connectivity index (χ3v) is 3.87. The number of rotatable bonds is 10. The molecule has 0 aliphatic heterocycles. The van der Waals surface area contributed by atoms with Gasteiger partial charge in [0.05, 0.1) is 11.6 Å². The first kappa shape index (κ1) is 23.0. The SMILES string of the molecule is CCOc1cc(CNCCc2ccccc2F)cc(Cl)c1OCC(N)=O.Cl. The highest BCUT2D eigenvalue weighted by molar-refractivity contribution is 6.32. The third-order valence-electron chi connectivity index (χ3n) is 3.59. The number of nitrogens with one attached hydrogen (secondary N) is 1. The van der Waals surface area contributed by atoms with Crippen LogP contribution in [0.4, 0.5) is 4.39 Å². The molecule has 0 fully saturated rings. The number of ether oxygens (including phenoxy) is 2. The van der Waals surface area contributed by atoms with Crippen molar-refractivity contribution in [2.24, 2.45) is 5.73 Å². The quantitative estimate of drug-likeness (QED) is 0.581. The molecule has 0 aromatic heterocycles. The van der Waals surface area contributed by atoms with Crippen LogP contribution in [0, 0.1) is 5.82 Å². The Bertz CT molecular complexity index is 760. The lowest BCUT2D eigenvalue weighted by Gasteiger charge is -2.15. The van der Waals surface area contributed by atoms with Gasteiger partial charge in [-0.1, -0.05) is 29.8 Å². The Morgan fingerprint density at radius 1 is 1.26 bits per heavy atom. The van der Waals surface area contributed by atoms with Gasteiger partial charge >= 0.3 is 0 Å². The molecule has 27 heavy (non-hydrogen) atoms. The van der Waals surface area contributed by atoms with Crippen LogP contribution in [0.1, 0.15) is 18.1 Å². The van der Waals surface area contributed by atoms with Crippen molar-refractivity contribution in [3.05, 3.63) is 58.4 Å². The molecule has 0 unspecified atom stereocenters. The Kier molecular flexibility index (Phi) is 9.93.